The first kappa shape index (κ1) is 11.8. The monoisotopic (exact) mass is 190 g/mol. The maximum Gasteiger partial charge on any atom is 0.316 e. The third kappa shape index (κ3) is 7.92. The number of thioether (sulfide) groups is 1. The van der Waals surface area contributed by atoms with Crippen LogP contribution in [0.3, 0.4) is 0 Å². The van der Waals surface area contributed by atoms with Gasteiger partial charge in [-0.05, 0) is 13.8 Å². The van der Waals surface area contributed by atoms with Gasteiger partial charge >= 0.3 is 5.97 Å². The minimum absolute atomic E-state index is 0.00179. The highest BCUT2D eigenvalue weighted by Crippen LogP contribution is 2.22. The van der Waals surface area contributed by atoms with Gasteiger partial charge in [-0.3, -0.25) is 4.79 Å². The normalized spacial score (nSPS) is 11.8. The highest BCUT2D eigenvalue weighted by Gasteiger charge is 2.14. The van der Waals surface area contributed by atoms with Crippen LogP contribution in [0.5, 0.6) is 0 Å². The molecule has 0 radical (unpaired) electrons. The van der Waals surface area contributed by atoms with Crippen molar-refractivity contribution < 1.29 is 9.53 Å². The van der Waals surface area contributed by atoms with E-state index >= 15 is 0 Å². The van der Waals surface area contributed by atoms with Gasteiger partial charge in [-0.1, -0.05) is 20.8 Å². The molecule has 0 atom stereocenters. The van der Waals surface area contributed by atoms with E-state index in [0.29, 0.717) is 5.75 Å². The number of hydrogen-bond acceptors (Lipinski definition) is 3. The van der Waals surface area contributed by atoms with Crippen LogP contribution in [0.1, 0.15) is 34.6 Å². The van der Waals surface area contributed by atoms with Crippen LogP contribution in [0.4, 0.5) is 0 Å². The van der Waals surface area contributed by atoms with Crippen LogP contribution in [0.15, 0.2) is 0 Å². The summed E-state index contributed by atoms with van der Waals surface area (Å²) in [5.41, 5.74) is 0. The third-order valence-electron chi connectivity index (χ3n) is 0.990. The Morgan fingerprint density at radius 1 is 1.42 bits per heavy atom. The molecule has 3 heteroatoms. The lowest BCUT2D eigenvalue weighted by molar-refractivity contribution is -0.144. The van der Waals surface area contributed by atoms with Gasteiger partial charge < -0.3 is 4.74 Å². The molecule has 0 aliphatic carbocycles. The molecule has 0 aromatic carbocycles. The van der Waals surface area contributed by atoms with Crippen molar-refractivity contribution in [3.8, 4) is 0 Å². The fourth-order valence-corrected chi connectivity index (χ4v) is 1.19. The topological polar surface area (TPSA) is 26.3 Å². The van der Waals surface area contributed by atoms with Crippen molar-refractivity contribution in [2.45, 2.75) is 45.5 Å². The van der Waals surface area contributed by atoms with E-state index in [2.05, 4.69) is 20.8 Å². The predicted octanol–water partition coefficient (Wildman–Crippen LogP) is 2.47. The van der Waals surface area contributed by atoms with E-state index in [1.807, 2.05) is 13.8 Å². The fraction of sp³-hybridized carbons (Fsp3) is 0.889. The molecule has 0 aromatic rings. The Hall–Kier alpha value is -0.180. The molecule has 0 heterocycles. The van der Waals surface area contributed by atoms with Gasteiger partial charge in [-0.15, -0.1) is 11.8 Å². The lowest BCUT2D eigenvalue weighted by Gasteiger charge is -2.17. The molecule has 72 valence electrons. The molecule has 12 heavy (non-hydrogen) atoms. The van der Waals surface area contributed by atoms with Gasteiger partial charge in [0.05, 0.1) is 11.9 Å². The molecule has 0 saturated carbocycles. The Balaban J connectivity index is 3.58. The quantitative estimate of drug-likeness (QED) is 0.639. The molecular formula is C9H18O2S. The van der Waals surface area contributed by atoms with Crippen LogP contribution in [0.2, 0.25) is 0 Å². The summed E-state index contributed by atoms with van der Waals surface area (Å²) in [6.07, 6.45) is -0.00179. The molecule has 2 nitrogen and oxygen atoms in total. The summed E-state index contributed by atoms with van der Waals surface area (Å²) in [5, 5.41) is 0. The molecule has 0 spiro atoms. The highest BCUT2D eigenvalue weighted by molar-refractivity contribution is 8.01. The van der Waals surface area contributed by atoms with Gasteiger partial charge in [0.2, 0.25) is 0 Å². The average molecular weight is 190 g/mol. The third-order valence-corrected chi connectivity index (χ3v) is 2.24. The van der Waals surface area contributed by atoms with Crippen molar-refractivity contribution in [3.05, 3.63) is 0 Å². The summed E-state index contributed by atoms with van der Waals surface area (Å²) in [4.78, 5) is 11.1. The number of rotatable bonds is 3. The van der Waals surface area contributed by atoms with Crippen molar-refractivity contribution in [2.24, 2.45) is 0 Å². The molecule has 0 N–H and O–H groups in total. The Bertz CT molecular complexity index is 147. The van der Waals surface area contributed by atoms with Crippen molar-refractivity contribution >= 4 is 17.7 Å². The summed E-state index contributed by atoms with van der Waals surface area (Å²) in [6, 6.07) is 0. The Morgan fingerprint density at radius 3 is 2.25 bits per heavy atom. The zero-order valence-electron chi connectivity index (χ0n) is 8.51. The molecular weight excluding hydrogens is 172 g/mol. The van der Waals surface area contributed by atoms with Crippen LogP contribution in [-0.2, 0) is 9.53 Å². The molecule has 0 amide bonds. The largest absolute Gasteiger partial charge is 0.462 e. The van der Waals surface area contributed by atoms with Gasteiger partial charge in [0.1, 0.15) is 0 Å². The zero-order valence-corrected chi connectivity index (χ0v) is 9.33. The summed E-state index contributed by atoms with van der Waals surface area (Å²) in [6.45, 7) is 9.97. The van der Waals surface area contributed by atoms with Crippen molar-refractivity contribution in [3.63, 3.8) is 0 Å². The first-order valence-electron chi connectivity index (χ1n) is 4.15. The molecule has 0 saturated heterocycles. The van der Waals surface area contributed by atoms with E-state index in [-0.39, 0.29) is 16.8 Å². The van der Waals surface area contributed by atoms with Crippen molar-refractivity contribution in [1.29, 1.82) is 0 Å². The molecule has 0 rings (SSSR count). The maximum absolute atomic E-state index is 11.1. The van der Waals surface area contributed by atoms with Gasteiger partial charge in [-0.2, -0.15) is 0 Å². The Labute approximate surface area is 79.1 Å². The lowest BCUT2D eigenvalue weighted by atomic mass is 10.3. The van der Waals surface area contributed by atoms with E-state index in [4.69, 9.17) is 4.74 Å². The summed E-state index contributed by atoms with van der Waals surface area (Å²) in [7, 11) is 0. The molecule has 0 aromatic heterocycles. The first-order valence-corrected chi connectivity index (χ1v) is 5.13. The van der Waals surface area contributed by atoms with Gasteiger partial charge in [-0.25, -0.2) is 0 Å². The lowest BCUT2D eigenvalue weighted by Crippen LogP contribution is -2.17. The SMILES string of the molecule is CC(C)OC(=O)CSC(C)(C)C. The minimum Gasteiger partial charge on any atom is -0.462 e. The van der Waals surface area contributed by atoms with Crippen LogP contribution in [-0.4, -0.2) is 22.6 Å². The van der Waals surface area contributed by atoms with Crippen LogP contribution in [0, 0.1) is 0 Å². The summed E-state index contributed by atoms with van der Waals surface area (Å²) < 4.78 is 5.12. The van der Waals surface area contributed by atoms with Gasteiger partial charge in [0.25, 0.3) is 0 Å². The van der Waals surface area contributed by atoms with Crippen LogP contribution in [0.25, 0.3) is 0 Å². The molecule has 0 aliphatic heterocycles. The van der Waals surface area contributed by atoms with Crippen LogP contribution < -0.4 is 0 Å². The van der Waals surface area contributed by atoms with Gasteiger partial charge in [0, 0.05) is 4.75 Å². The Morgan fingerprint density at radius 2 is 1.92 bits per heavy atom. The fourth-order valence-electron chi connectivity index (χ4n) is 0.572. The number of esters is 1. The molecule has 0 unspecified atom stereocenters. The number of carbonyl (C=O) groups is 1. The van der Waals surface area contributed by atoms with E-state index in [1.54, 1.807) is 11.8 Å². The van der Waals surface area contributed by atoms with E-state index in [1.165, 1.54) is 0 Å². The molecule has 0 bridgehead atoms. The minimum atomic E-state index is -0.120. The average Bonchev–Trinajstić information content (AvgIpc) is 1.80. The van der Waals surface area contributed by atoms with E-state index in [9.17, 15) is 4.79 Å². The summed E-state index contributed by atoms with van der Waals surface area (Å²) in [5.74, 6) is 0.326. The van der Waals surface area contributed by atoms with Crippen molar-refractivity contribution in [2.75, 3.05) is 5.75 Å². The number of carbonyl (C=O) groups excluding carboxylic acids is 1. The van der Waals surface area contributed by atoms with Gasteiger partial charge in [0.15, 0.2) is 0 Å². The highest BCUT2D eigenvalue weighted by atomic mass is 32.2. The second-order valence-electron chi connectivity index (χ2n) is 3.94. The Kier molecular flexibility index (Phi) is 4.68. The van der Waals surface area contributed by atoms with E-state index < -0.39 is 0 Å². The molecule has 0 aliphatic rings. The molecule has 0 fully saturated rings. The smallest absolute Gasteiger partial charge is 0.316 e. The second-order valence-corrected chi connectivity index (χ2v) is 5.74. The summed E-state index contributed by atoms with van der Waals surface area (Å²) >= 11 is 1.61. The zero-order chi connectivity index (χ0) is 9.78. The predicted molar refractivity (Wildman–Crippen MR) is 53.4 cm³/mol. The van der Waals surface area contributed by atoms with E-state index in [0.717, 1.165) is 0 Å². The second kappa shape index (κ2) is 4.75. The van der Waals surface area contributed by atoms with Crippen LogP contribution >= 0.6 is 11.8 Å². The maximum atomic E-state index is 11.1. The van der Waals surface area contributed by atoms with Crippen molar-refractivity contribution in [1.82, 2.24) is 0 Å². The number of ether oxygens (including phenoxy) is 1. The number of hydrogen-bond donors (Lipinski definition) is 0. The standard InChI is InChI=1S/C9H18O2S/c1-7(2)11-8(10)6-12-9(3,4)5/h7H,6H2,1-5H3. The first-order chi connectivity index (χ1) is 5.31.